The van der Waals surface area contributed by atoms with Crippen molar-refractivity contribution < 1.29 is 34.4 Å². The minimum Gasteiger partial charge on any atom is -0.483 e. The third-order valence-corrected chi connectivity index (χ3v) is 4.57. The highest BCUT2D eigenvalue weighted by molar-refractivity contribution is 5.84. The number of aliphatic hydroxyl groups excluding tert-OH is 1. The fraction of sp³-hybridized carbons (Fsp3) is 0.857. The van der Waals surface area contributed by atoms with Gasteiger partial charge in [-0.2, -0.15) is 0 Å². The van der Waals surface area contributed by atoms with E-state index in [1.807, 2.05) is 0 Å². The molecule has 9 heteroatoms. The summed E-state index contributed by atoms with van der Waals surface area (Å²) in [6.45, 7) is 14.0. The van der Waals surface area contributed by atoms with Crippen LogP contribution < -0.4 is 10.6 Å². The number of likely N-dealkylation sites (N-methyl/N-ethyl adjacent to an activating group) is 1. The molecule has 9 nitrogen and oxygen atoms in total. The van der Waals surface area contributed by atoms with Gasteiger partial charge in [0.05, 0.1) is 12.1 Å². The van der Waals surface area contributed by atoms with Gasteiger partial charge >= 0.3 is 0 Å². The van der Waals surface area contributed by atoms with Gasteiger partial charge in [-0.3, -0.25) is 14.4 Å². The van der Waals surface area contributed by atoms with Gasteiger partial charge in [0.2, 0.25) is 0 Å². The minimum absolute atomic E-state index is 0.0532. The number of hydrogen-bond acceptors (Lipinski definition) is 7. The molecule has 0 aromatic rings. The fourth-order valence-corrected chi connectivity index (χ4v) is 3.18. The summed E-state index contributed by atoms with van der Waals surface area (Å²) in [7, 11) is 1.67. The van der Waals surface area contributed by atoms with E-state index in [1.54, 1.807) is 20.9 Å². The predicted molar refractivity (Wildman–Crippen MR) is 118 cm³/mol. The highest BCUT2D eigenvalue weighted by Crippen LogP contribution is 2.16. The van der Waals surface area contributed by atoms with Crippen molar-refractivity contribution in [3.05, 3.63) is 0 Å². The van der Waals surface area contributed by atoms with Crippen LogP contribution in [0.2, 0.25) is 0 Å². The molecule has 1 fully saturated rings. The Kier molecular flexibility index (Phi) is 24.4. The molecule has 0 amide bonds. The number of ketones is 1. The van der Waals surface area contributed by atoms with Crippen molar-refractivity contribution in [1.82, 2.24) is 10.6 Å². The van der Waals surface area contributed by atoms with Crippen LogP contribution in [0.4, 0.5) is 0 Å². The highest BCUT2D eigenvalue weighted by Gasteiger charge is 2.22. The molecule has 1 heterocycles. The van der Waals surface area contributed by atoms with E-state index >= 15 is 0 Å². The number of nitrogens with one attached hydrogen (secondary N) is 2. The number of rotatable bonds is 8. The van der Waals surface area contributed by atoms with Gasteiger partial charge in [0.25, 0.3) is 12.9 Å². The molecule has 0 aromatic carbocycles. The standard InChI is InChI=1S/C12H25NO.C7H15NO2.2CH2O2/c1-9(2)12(10(3)4)13-11-5-7-14-8-6-11;1-4-6(10)7(8-3)5(2)9;2*2-1-3/h9-13H,5-8H2,1-4H3;5,7-9H,4H2,1-3H3;2*1H,(H,2,3). The van der Waals surface area contributed by atoms with Crippen LogP contribution in [-0.2, 0) is 19.1 Å². The van der Waals surface area contributed by atoms with Gasteiger partial charge in [-0.1, -0.05) is 34.6 Å². The summed E-state index contributed by atoms with van der Waals surface area (Å²) in [5, 5.41) is 29.3. The van der Waals surface area contributed by atoms with Crippen LogP contribution >= 0.6 is 0 Å². The minimum atomic E-state index is -0.600. The maximum Gasteiger partial charge on any atom is 0.290 e. The van der Waals surface area contributed by atoms with Gasteiger partial charge in [0.15, 0.2) is 5.78 Å². The first-order chi connectivity index (χ1) is 14.1. The van der Waals surface area contributed by atoms with Gasteiger partial charge in [0.1, 0.15) is 0 Å². The third-order valence-electron chi connectivity index (χ3n) is 4.57. The van der Waals surface area contributed by atoms with Crippen molar-refractivity contribution >= 4 is 18.7 Å². The number of hydrogen-bond donors (Lipinski definition) is 5. The average Bonchev–Trinajstić information content (AvgIpc) is 2.68. The molecule has 2 unspecified atom stereocenters. The van der Waals surface area contributed by atoms with E-state index in [4.69, 9.17) is 29.6 Å². The van der Waals surface area contributed by atoms with E-state index in [0.717, 1.165) is 25.0 Å². The Morgan fingerprint density at radius 2 is 1.43 bits per heavy atom. The van der Waals surface area contributed by atoms with Crippen molar-refractivity contribution in [2.45, 2.75) is 85.0 Å². The van der Waals surface area contributed by atoms with E-state index in [2.05, 4.69) is 38.3 Å². The number of ether oxygens (including phenoxy) is 1. The molecular formula is C21H44N2O7. The maximum atomic E-state index is 11.0. The van der Waals surface area contributed by atoms with Gasteiger partial charge in [-0.05, 0) is 38.6 Å². The first-order valence-electron chi connectivity index (χ1n) is 10.4. The number of carbonyl (C=O) groups excluding carboxylic acids is 1. The molecule has 0 aliphatic carbocycles. The summed E-state index contributed by atoms with van der Waals surface area (Å²) < 4.78 is 5.36. The zero-order valence-corrected chi connectivity index (χ0v) is 19.6. The van der Waals surface area contributed by atoms with Crippen LogP contribution in [0, 0.1) is 11.8 Å². The zero-order chi connectivity index (χ0) is 24.1. The summed E-state index contributed by atoms with van der Waals surface area (Å²) in [6, 6.07) is 0.932. The second-order valence-corrected chi connectivity index (χ2v) is 7.60. The van der Waals surface area contributed by atoms with Gasteiger partial charge in [0, 0.05) is 31.7 Å². The summed E-state index contributed by atoms with van der Waals surface area (Å²) in [6.07, 6.45) is 2.22. The second-order valence-electron chi connectivity index (χ2n) is 7.60. The molecule has 1 aliphatic heterocycles. The van der Waals surface area contributed by atoms with Gasteiger partial charge in [-0.15, -0.1) is 0 Å². The lowest BCUT2D eigenvalue weighted by atomic mass is 9.91. The van der Waals surface area contributed by atoms with Crippen LogP contribution in [0.5, 0.6) is 0 Å². The summed E-state index contributed by atoms with van der Waals surface area (Å²) in [4.78, 5) is 27.7. The SMILES string of the molecule is CC(C)C(NC1CCOCC1)C(C)C.CCC(=O)C(NC)C(C)O.O=CO.O=CO. The van der Waals surface area contributed by atoms with Crippen molar-refractivity contribution in [1.29, 1.82) is 0 Å². The number of aliphatic hydroxyl groups is 1. The number of carbonyl (C=O) groups is 3. The molecule has 0 spiro atoms. The Morgan fingerprint density at radius 3 is 1.67 bits per heavy atom. The zero-order valence-electron chi connectivity index (χ0n) is 19.6. The van der Waals surface area contributed by atoms with Crippen molar-refractivity contribution in [2.75, 3.05) is 20.3 Å². The molecular weight excluding hydrogens is 392 g/mol. The lowest BCUT2D eigenvalue weighted by Gasteiger charge is -2.33. The Morgan fingerprint density at radius 1 is 1.03 bits per heavy atom. The number of carboxylic acid groups (broad SMARTS) is 2. The summed E-state index contributed by atoms with van der Waals surface area (Å²) in [5.74, 6) is 1.49. The molecule has 0 aromatic heterocycles. The number of Topliss-reactive ketones (excluding diaryl/α,β-unsaturated/α-hetero) is 1. The molecule has 5 N–H and O–H groups in total. The van der Waals surface area contributed by atoms with Gasteiger partial charge in [-0.25, -0.2) is 0 Å². The molecule has 2 atom stereocenters. The van der Waals surface area contributed by atoms with E-state index in [9.17, 15) is 4.79 Å². The Balaban J connectivity index is -0.000000398. The van der Waals surface area contributed by atoms with Crippen LogP contribution in [0.3, 0.4) is 0 Å². The van der Waals surface area contributed by atoms with E-state index in [-0.39, 0.29) is 18.7 Å². The van der Waals surface area contributed by atoms with E-state index < -0.39 is 12.1 Å². The molecule has 30 heavy (non-hydrogen) atoms. The highest BCUT2D eigenvalue weighted by atomic mass is 16.5. The van der Waals surface area contributed by atoms with Crippen molar-refractivity contribution in [3.8, 4) is 0 Å². The fourth-order valence-electron chi connectivity index (χ4n) is 3.18. The average molecular weight is 437 g/mol. The van der Waals surface area contributed by atoms with E-state index in [1.165, 1.54) is 12.8 Å². The maximum absolute atomic E-state index is 11.0. The molecule has 180 valence electrons. The lowest BCUT2D eigenvalue weighted by Crippen LogP contribution is -2.46. The van der Waals surface area contributed by atoms with Crippen molar-refractivity contribution in [3.63, 3.8) is 0 Å². The third kappa shape index (κ3) is 18.5. The summed E-state index contributed by atoms with van der Waals surface area (Å²) >= 11 is 0. The van der Waals surface area contributed by atoms with Crippen LogP contribution in [0.1, 0.15) is 60.8 Å². The molecule has 1 saturated heterocycles. The topological polar surface area (TPSA) is 145 Å². The Labute approximate surface area is 181 Å². The molecule has 1 aliphatic rings. The van der Waals surface area contributed by atoms with Crippen molar-refractivity contribution in [2.24, 2.45) is 11.8 Å². The molecule has 0 saturated carbocycles. The molecule has 0 bridgehead atoms. The van der Waals surface area contributed by atoms with E-state index in [0.29, 0.717) is 18.5 Å². The monoisotopic (exact) mass is 436 g/mol. The first kappa shape index (κ1) is 33.1. The van der Waals surface area contributed by atoms with Gasteiger partial charge < -0.3 is 30.7 Å². The first-order valence-corrected chi connectivity index (χ1v) is 10.4. The molecule has 0 radical (unpaired) electrons. The summed E-state index contributed by atoms with van der Waals surface area (Å²) in [5.41, 5.74) is 0. The van der Waals surface area contributed by atoms with Crippen LogP contribution in [0.15, 0.2) is 0 Å². The quantitative estimate of drug-likeness (QED) is 0.359. The van der Waals surface area contributed by atoms with Crippen LogP contribution in [-0.4, -0.2) is 78.5 Å². The predicted octanol–water partition coefficient (Wildman–Crippen LogP) is 1.77. The molecule has 1 rings (SSSR count). The smallest absolute Gasteiger partial charge is 0.290 e. The Hall–Kier alpha value is -1.55. The Bertz CT molecular complexity index is 398. The largest absolute Gasteiger partial charge is 0.483 e. The van der Waals surface area contributed by atoms with Crippen LogP contribution in [0.25, 0.3) is 0 Å². The second kappa shape index (κ2) is 22.1. The normalized spacial score (nSPS) is 15.6. The lowest BCUT2D eigenvalue weighted by molar-refractivity contribution is -0.123.